The largest absolute Gasteiger partial charge is 0.369 e. The first-order valence-corrected chi connectivity index (χ1v) is 5.38. The Kier molecular flexibility index (Phi) is 6.54. The lowest BCUT2D eigenvalue weighted by Gasteiger charge is -2.20. The first-order chi connectivity index (χ1) is 6.47. The monoisotopic (exact) mass is 201 g/mol. The summed E-state index contributed by atoms with van der Waals surface area (Å²) >= 11 is 0. The summed E-state index contributed by atoms with van der Waals surface area (Å²) in [5.41, 5.74) is 0. The Morgan fingerprint density at radius 1 is 1.29 bits per heavy atom. The van der Waals surface area contributed by atoms with Crippen LogP contribution in [-0.2, 0) is 9.53 Å². The fourth-order valence-electron chi connectivity index (χ4n) is 1.03. The van der Waals surface area contributed by atoms with E-state index in [1.807, 2.05) is 20.8 Å². The molecule has 0 aliphatic carbocycles. The molecule has 3 heteroatoms. The number of rotatable bonds is 6. The van der Waals surface area contributed by atoms with Crippen LogP contribution in [0.4, 0.5) is 0 Å². The van der Waals surface area contributed by atoms with Crippen molar-refractivity contribution in [2.75, 3.05) is 6.61 Å². The number of amides is 1. The van der Waals surface area contributed by atoms with Crippen LogP contribution >= 0.6 is 0 Å². The van der Waals surface area contributed by atoms with Crippen molar-refractivity contribution in [1.29, 1.82) is 0 Å². The summed E-state index contributed by atoms with van der Waals surface area (Å²) < 4.78 is 5.21. The van der Waals surface area contributed by atoms with Gasteiger partial charge in [0.2, 0.25) is 5.91 Å². The lowest BCUT2D eigenvalue weighted by Crippen LogP contribution is -2.39. The van der Waals surface area contributed by atoms with Crippen molar-refractivity contribution in [2.24, 2.45) is 5.92 Å². The highest BCUT2D eigenvalue weighted by Gasteiger charge is 2.13. The van der Waals surface area contributed by atoms with Crippen LogP contribution in [0.3, 0.4) is 0 Å². The van der Waals surface area contributed by atoms with E-state index in [1.54, 1.807) is 0 Å². The van der Waals surface area contributed by atoms with Gasteiger partial charge in [-0.15, -0.1) is 0 Å². The molecule has 84 valence electrons. The quantitative estimate of drug-likeness (QED) is 0.713. The van der Waals surface area contributed by atoms with Crippen LogP contribution in [0, 0.1) is 5.92 Å². The van der Waals surface area contributed by atoms with Gasteiger partial charge < -0.3 is 10.1 Å². The van der Waals surface area contributed by atoms with E-state index in [0.29, 0.717) is 5.92 Å². The summed E-state index contributed by atoms with van der Waals surface area (Å²) in [7, 11) is 0. The number of hydrogen-bond acceptors (Lipinski definition) is 2. The van der Waals surface area contributed by atoms with Crippen LogP contribution < -0.4 is 5.32 Å². The molecule has 0 rings (SSSR count). The molecule has 2 unspecified atom stereocenters. The molecule has 0 saturated heterocycles. The van der Waals surface area contributed by atoms with Crippen molar-refractivity contribution in [3.05, 3.63) is 0 Å². The highest BCUT2D eigenvalue weighted by atomic mass is 16.5. The molecule has 0 aromatic carbocycles. The molecule has 1 N–H and O–H groups in total. The summed E-state index contributed by atoms with van der Waals surface area (Å²) in [4.78, 5) is 11.3. The predicted octanol–water partition coefficient (Wildman–Crippen LogP) is 1.96. The van der Waals surface area contributed by atoms with Crippen LogP contribution in [-0.4, -0.2) is 24.7 Å². The molecule has 0 aromatic rings. The third kappa shape index (κ3) is 5.97. The Bertz CT molecular complexity index is 169. The molecule has 0 aromatic heterocycles. The number of carbonyl (C=O) groups is 1. The van der Waals surface area contributed by atoms with Crippen LogP contribution in [0.15, 0.2) is 0 Å². The smallest absolute Gasteiger partial charge is 0.246 e. The van der Waals surface area contributed by atoms with Gasteiger partial charge in [-0.2, -0.15) is 0 Å². The summed E-state index contributed by atoms with van der Waals surface area (Å²) in [6.45, 7) is 10.3. The standard InChI is InChI=1S/C11H23NO2/c1-6-9(4)10(5)12-11(13)7-14-8(2)3/h8-10H,6-7H2,1-5H3,(H,12,13). The van der Waals surface area contributed by atoms with E-state index in [2.05, 4.69) is 19.2 Å². The van der Waals surface area contributed by atoms with Gasteiger partial charge in [0.25, 0.3) is 0 Å². The molecule has 1 amide bonds. The minimum absolute atomic E-state index is 0.0218. The number of hydrogen-bond donors (Lipinski definition) is 1. The zero-order valence-corrected chi connectivity index (χ0v) is 9.96. The fraction of sp³-hybridized carbons (Fsp3) is 0.909. The van der Waals surface area contributed by atoms with Gasteiger partial charge in [0.05, 0.1) is 6.10 Å². The van der Waals surface area contributed by atoms with E-state index in [1.165, 1.54) is 0 Å². The van der Waals surface area contributed by atoms with Crippen LogP contribution in [0.2, 0.25) is 0 Å². The topological polar surface area (TPSA) is 38.3 Å². The van der Waals surface area contributed by atoms with Crippen LogP contribution in [0.25, 0.3) is 0 Å². The zero-order valence-electron chi connectivity index (χ0n) is 9.96. The number of nitrogens with one attached hydrogen (secondary N) is 1. The van der Waals surface area contributed by atoms with Crippen LogP contribution in [0.1, 0.15) is 41.0 Å². The highest BCUT2D eigenvalue weighted by molar-refractivity contribution is 5.77. The fourth-order valence-corrected chi connectivity index (χ4v) is 1.03. The van der Waals surface area contributed by atoms with Gasteiger partial charge in [0, 0.05) is 6.04 Å². The molecule has 14 heavy (non-hydrogen) atoms. The SMILES string of the molecule is CCC(C)C(C)NC(=O)COC(C)C. The highest BCUT2D eigenvalue weighted by Crippen LogP contribution is 2.06. The predicted molar refractivity (Wildman–Crippen MR) is 58.1 cm³/mol. The Labute approximate surface area is 87.2 Å². The maximum atomic E-state index is 11.3. The molecular weight excluding hydrogens is 178 g/mol. The molecule has 0 fully saturated rings. The Balaban J connectivity index is 3.71. The van der Waals surface area contributed by atoms with Gasteiger partial charge in [-0.05, 0) is 26.7 Å². The van der Waals surface area contributed by atoms with Gasteiger partial charge >= 0.3 is 0 Å². The summed E-state index contributed by atoms with van der Waals surface area (Å²) in [5.74, 6) is 0.490. The molecule has 0 aliphatic rings. The van der Waals surface area contributed by atoms with Gasteiger partial charge in [-0.1, -0.05) is 20.3 Å². The second kappa shape index (κ2) is 6.82. The lowest BCUT2D eigenvalue weighted by atomic mass is 10.0. The maximum absolute atomic E-state index is 11.3. The average Bonchev–Trinajstić information content (AvgIpc) is 2.13. The second-order valence-electron chi connectivity index (χ2n) is 4.10. The maximum Gasteiger partial charge on any atom is 0.246 e. The Morgan fingerprint density at radius 2 is 1.86 bits per heavy atom. The molecule has 0 heterocycles. The molecular formula is C11H23NO2. The minimum Gasteiger partial charge on any atom is -0.369 e. The molecule has 2 atom stereocenters. The van der Waals surface area contributed by atoms with Crippen LogP contribution in [0.5, 0.6) is 0 Å². The number of carbonyl (C=O) groups excluding carboxylic acids is 1. The zero-order chi connectivity index (χ0) is 11.1. The van der Waals surface area contributed by atoms with Crippen molar-refractivity contribution in [2.45, 2.75) is 53.2 Å². The van der Waals surface area contributed by atoms with E-state index in [0.717, 1.165) is 6.42 Å². The number of ether oxygens (including phenoxy) is 1. The van der Waals surface area contributed by atoms with Crippen molar-refractivity contribution < 1.29 is 9.53 Å². The first-order valence-electron chi connectivity index (χ1n) is 5.38. The van der Waals surface area contributed by atoms with E-state index in [9.17, 15) is 4.79 Å². The van der Waals surface area contributed by atoms with Gasteiger partial charge in [-0.3, -0.25) is 4.79 Å². The van der Waals surface area contributed by atoms with E-state index < -0.39 is 0 Å². The molecule has 0 saturated carbocycles. The van der Waals surface area contributed by atoms with Crippen molar-refractivity contribution in [3.8, 4) is 0 Å². The van der Waals surface area contributed by atoms with Gasteiger partial charge in [-0.25, -0.2) is 0 Å². The Hall–Kier alpha value is -0.570. The van der Waals surface area contributed by atoms with Crippen molar-refractivity contribution in [3.63, 3.8) is 0 Å². The third-order valence-corrected chi connectivity index (χ3v) is 2.43. The molecule has 0 spiro atoms. The molecule has 0 aliphatic heterocycles. The van der Waals surface area contributed by atoms with E-state index >= 15 is 0 Å². The molecule has 0 bridgehead atoms. The lowest BCUT2D eigenvalue weighted by molar-refractivity contribution is -0.128. The minimum atomic E-state index is -0.0218. The Morgan fingerprint density at radius 3 is 2.29 bits per heavy atom. The molecule has 3 nitrogen and oxygen atoms in total. The van der Waals surface area contributed by atoms with E-state index in [-0.39, 0.29) is 24.7 Å². The van der Waals surface area contributed by atoms with Crippen molar-refractivity contribution in [1.82, 2.24) is 5.32 Å². The molecule has 0 radical (unpaired) electrons. The summed E-state index contributed by atoms with van der Waals surface area (Å²) in [6.07, 6.45) is 1.19. The third-order valence-electron chi connectivity index (χ3n) is 2.43. The summed E-state index contributed by atoms with van der Waals surface area (Å²) in [6, 6.07) is 0.225. The van der Waals surface area contributed by atoms with Crippen molar-refractivity contribution >= 4 is 5.91 Å². The van der Waals surface area contributed by atoms with Gasteiger partial charge in [0.1, 0.15) is 6.61 Å². The van der Waals surface area contributed by atoms with E-state index in [4.69, 9.17) is 4.74 Å². The second-order valence-corrected chi connectivity index (χ2v) is 4.10. The van der Waals surface area contributed by atoms with Gasteiger partial charge in [0.15, 0.2) is 0 Å². The normalized spacial score (nSPS) is 15.3. The summed E-state index contributed by atoms with van der Waals surface area (Å²) in [5, 5.41) is 2.92. The first kappa shape index (κ1) is 13.4. The average molecular weight is 201 g/mol.